The van der Waals surface area contributed by atoms with Gasteiger partial charge in [-0.1, -0.05) is 43.7 Å². The lowest BCUT2D eigenvalue weighted by Crippen LogP contribution is -1.81. The first-order valence-electron chi connectivity index (χ1n) is 4.97. The molecule has 0 aliphatic heterocycles. The predicted octanol–water partition coefficient (Wildman–Crippen LogP) is 4.63. The first-order chi connectivity index (χ1) is 6.93. The Balaban J connectivity index is 0. The first-order valence-corrected chi connectivity index (χ1v) is 4.97. The fraction of sp³-hybridized carbons (Fsp3) is 0.286. The van der Waals surface area contributed by atoms with Crippen LogP contribution in [0.2, 0.25) is 0 Å². The summed E-state index contributed by atoms with van der Waals surface area (Å²) < 4.78 is 0. The van der Waals surface area contributed by atoms with E-state index >= 15 is 0 Å². The van der Waals surface area contributed by atoms with Gasteiger partial charge in [-0.2, -0.15) is 0 Å². The summed E-state index contributed by atoms with van der Waals surface area (Å²) in [7, 11) is 0. The van der Waals surface area contributed by atoms with Gasteiger partial charge in [0.15, 0.2) is 0 Å². The van der Waals surface area contributed by atoms with Crippen LogP contribution >= 0.6 is 0 Å². The van der Waals surface area contributed by atoms with Crippen molar-refractivity contribution in [3.8, 4) is 0 Å². The molecule has 0 unspecified atom stereocenters. The molecule has 1 aromatic carbocycles. The van der Waals surface area contributed by atoms with Crippen molar-refractivity contribution in [3.63, 3.8) is 0 Å². The Bertz CT molecular complexity index is 186. The van der Waals surface area contributed by atoms with Crippen LogP contribution in [0.3, 0.4) is 0 Å². The second-order valence-electron chi connectivity index (χ2n) is 2.59. The second kappa shape index (κ2) is 14.2. The number of aryl methyl sites for hydroxylation is 1. The Labute approximate surface area is 89.0 Å². The monoisotopic (exact) mass is 190 g/mol. The summed E-state index contributed by atoms with van der Waals surface area (Å²) in [5, 5.41) is 0. The van der Waals surface area contributed by atoms with E-state index in [9.17, 15) is 0 Å². The van der Waals surface area contributed by atoms with Crippen molar-refractivity contribution in [1.82, 2.24) is 0 Å². The molecule has 1 aromatic rings. The van der Waals surface area contributed by atoms with E-state index < -0.39 is 0 Å². The summed E-state index contributed by atoms with van der Waals surface area (Å²) in [6.45, 7) is 14.2. The molecule has 14 heavy (non-hydrogen) atoms. The Morgan fingerprint density at radius 3 is 1.86 bits per heavy atom. The van der Waals surface area contributed by atoms with Gasteiger partial charge in [0.1, 0.15) is 0 Å². The van der Waals surface area contributed by atoms with Crippen molar-refractivity contribution >= 4 is 0 Å². The lowest BCUT2D eigenvalue weighted by atomic mass is 10.1. The molecule has 1 rings (SSSR count). The molecule has 0 atom stereocenters. The SMILES string of the molecule is C=C.C=C.CCCCc1ccccc1. The molecule has 0 fully saturated rings. The lowest BCUT2D eigenvalue weighted by molar-refractivity contribution is 0.795. The molecule has 0 nitrogen and oxygen atoms in total. The standard InChI is InChI=1S/C10H14.2C2H4/c1-2-3-7-10-8-5-4-6-9-10;2*1-2/h4-6,8-9H,2-3,7H2,1H3;2*1-2H2. The minimum Gasteiger partial charge on any atom is -0.106 e. The van der Waals surface area contributed by atoms with E-state index in [4.69, 9.17) is 0 Å². The number of rotatable bonds is 3. The molecule has 0 aromatic heterocycles. The summed E-state index contributed by atoms with van der Waals surface area (Å²) in [5.74, 6) is 0. The fourth-order valence-corrected chi connectivity index (χ4v) is 1.03. The van der Waals surface area contributed by atoms with E-state index in [0.717, 1.165) is 0 Å². The average molecular weight is 190 g/mol. The molecule has 0 saturated carbocycles. The van der Waals surface area contributed by atoms with E-state index in [1.807, 2.05) is 0 Å². The number of unbranched alkanes of at least 4 members (excludes halogenated alkanes) is 1. The van der Waals surface area contributed by atoms with Crippen LogP contribution in [0.1, 0.15) is 25.3 Å². The molecule has 0 aliphatic rings. The van der Waals surface area contributed by atoms with Gasteiger partial charge in [0.2, 0.25) is 0 Å². The third kappa shape index (κ3) is 8.79. The Morgan fingerprint density at radius 1 is 0.929 bits per heavy atom. The van der Waals surface area contributed by atoms with E-state index in [1.54, 1.807) is 0 Å². The number of hydrogen-bond acceptors (Lipinski definition) is 0. The molecular weight excluding hydrogens is 168 g/mol. The first kappa shape index (κ1) is 15.2. The predicted molar refractivity (Wildman–Crippen MR) is 67.6 cm³/mol. The highest BCUT2D eigenvalue weighted by Crippen LogP contribution is 2.03. The van der Waals surface area contributed by atoms with Gasteiger partial charge in [0.05, 0.1) is 0 Å². The van der Waals surface area contributed by atoms with Crippen molar-refractivity contribution in [2.75, 3.05) is 0 Å². The number of hydrogen-bond donors (Lipinski definition) is 0. The zero-order chi connectivity index (χ0) is 11.2. The van der Waals surface area contributed by atoms with E-state index in [0.29, 0.717) is 0 Å². The Morgan fingerprint density at radius 2 is 1.43 bits per heavy atom. The quantitative estimate of drug-likeness (QED) is 0.609. The molecular formula is C14H22. The van der Waals surface area contributed by atoms with Crippen molar-refractivity contribution in [3.05, 3.63) is 62.2 Å². The second-order valence-corrected chi connectivity index (χ2v) is 2.59. The molecule has 0 N–H and O–H groups in total. The van der Waals surface area contributed by atoms with Crippen LogP contribution in [-0.4, -0.2) is 0 Å². The maximum absolute atomic E-state index is 3.00. The van der Waals surface area contributed by atoms with E-state index in [1.165, 1.54) is 24.8 Å². The molecule has 0 heterocycles. The maximum Gasteiger partial charge on any atom is -0.0279 e. The van der Waals surface area contributed by atoms with Crippen molar-refractivity contribution in [2.45, 2.75) is 26.2 Å². The third-order valence-corrected chi connectivity index (χ3v) is 1.66. The van der Waals surface area contributed by atoms with Crippen LogP contribution in [0, 0.1) is 0 Å². The molecule has 78 valence electrons. The summed E-state index contributed by atoms with van der Waals surface area (Å²) in [5.41, 5.74) is 1.46. The highest BCUT2D eigenvalue weighted by Gasteiger charge is 1.87. The molecule has 0 spiro atoms. The Hall–Kier alpha value is -1.30. The third-order valence-electron chi connectivity index (χ3n) is 1.66. The minimum absolute atomic E-state index is 1.23. The van der Waals surface area contributed by atoms with Crippen LogP contribution in [0.25, 0.3) is 0 Å². The zero-order valence-corrected chi connectivity index (χ0v) is 9.34. The topological polar surface area (TPSA) is 0 Å². The van der Waals surface area contributed by atoms with Crippen molar-refractivity contribution in [2.24, 2.45) is 0 Å². The van der Waals surface area contributed by atoms with Crippen LogP contribution in [0.4, 0.5) is 0 Å². The fourth-order valence-electron chi connectivity index (χ4n) is 1.03. The Kier molecular flexibility index (Phi) is 15.4. The largest absolute Gasteiger partial charge is 0.106 e. The highest BCUT2D eigenvalue weighted by molar-refractivity contribution is 5.14. The van der Waals surface area contributed by atoms with Gasteiger partial charge in [-0.15, -0.1) is 26.3 Å². The summed E-state index contributed by atoms with van der Waals surface area (Å²) in [6, 6.07) is 10.6. The molecule has 0 radical (unpaired) electrons. The van der Waals surface area contributed by atoms with Gasteiger partial charge in [0, 0.05) is 0 Å². The van der Waals surface area contributed by atoms with Gasteiger partial charge < -0.3 is 0 Å². The molecule has 0 amide bonds. The minimum atomic E-state index is 1.23. The van der Waals surface area contributed by atoms with Gasteiger partial charge in [0.25, 0.3) is 0 Å². The van der Waals surface area contributed by atoms with Gasteiger partial charge in [-0.3, -0.25) is 0 Å². The summed E-state index contributed by atoms with van der Waals surface area (Å²) >= 11 is 0. The molecule has 0 bridgehead atoms. The van der Waals surface area contributed by atoms with Crippen LogP contribution in [0.5, 0.6) is 0 Å². The average Bonchev–Trinajstić information content (AvgIpc) is 2.33. The van der Waals surface area contributed by atoms with E-state index in [-0.39, 0.29) is 0 Å². The summed E-state index contributed by atoms with van der Waals surface area (Å²) in [6.07, 6.45) is 3.83. The maximum atomic E-state index is 3.00. The molecule has 0 saturated heterocycles. The van der Waals surface area contributed by atoms with Crippen molar-refractivity contribution in [1.29, 1.82) is 0 Å². The smallest absolute Gasteiger partial charge is 0.0279 e. The van der Waals surface area contributed by atoms with Gasteiger partial charge in [-0.25, -0.2) is 0 Å². The van der Waals surface area contributed by atoms with Crippen LogP contribution in [-0.2, 0) is 6.42 Å². The number of benzene rings is 1. The van der Waals surface area contributed by atoms with E-state index in [2.05, 4.69) is 63.6 Å². The molecule has 0 heteroatoms. The lowest BCUT2D eigenvalue weighted by Gasteiger charge is -1.96. The van der Waals surface area contributed by atoms with Crippen molar-refractivity contribution < 1.29 is 0 Å². The van der Waals surface area contributed by atoms with Gasteiger partial charge in [-0.05, 0) is 18.4 Å². The van der Waals surface area contributed by atoms with Gasteiger partial charge >= 0.3 is 0 Å². The molecule has 0 aliphatic carbocycles. The van der Waals surface area contributed by atoms with Crippen LogP contribution < -0.4 is 0 Å². The highest BCUT2D eigenvalue weighted by atomic mass is 13.9. The normalized spacial score (nSPS) is 7.50. The zero-order valence-electron chi connectivity index (χ0n) is 9.34. The summed E-state index contributed by atoms with van der Waals surface area (Å²) in [4.78, 5) is 0. The van der Waals surface area contributed by atoms with Crippen LogP contribution in [0.15, 0.2) is 56.6 Å².